The second-order valence-electron chi connectivity index (χ2n) is 5.16. The Bertz CT molecular complexity index is 1050. The van der Waals surface area contributed by atoms with Gasteiger partial charge in [0.1, 0.15) is 5.82 Å². The van der Waals surface area contributed by atoms with Gasteiger partial charge in [0.05, 0.1) is 22.6 Å². The first kappa shape index (κ1) is 17.6. The Kier molecular flexibility index (Phi) is 4.63. The number of aryl methyl sites for hydroxylation is 1. The topological polar surface area (TPSA) is 98.0 Å². The average molecular weight is 399 g/mol. The zero-order valence-corrected chi connectivity index (χ0v) is 15.2. The Morgan fingerprint density at radius 2 is 2.08 bits per heavy atom. The van der Waals surface area contributed by atoms with Crippen molar-refractivity contribution in [1.29, 1.82) is 0 Å². The first-order chi connectivity index (χ1) is 11.8. The van der Waals surface area contributed by atoms with E-state index >= 15 is 0 Å². The lowest BCUT2D eigenvalue weighted by atomic mass is 10.2. The number of aromatic nitrogens is 2. The summed E-state index contributed by atoms with van der Waals surface area (Å²) in [6, 6.07) is 5.77. The van der Waals surface area contributed by atoms with Gasteiger partial charge in [-0.05, 0) is 30.7 Å². The van der Waals surface area contributed by atoms with Crippen LogP contribution in [0.15, 0.2) is 40.9 Å². The molecular weight excluding hydrogens is 387 g/mol. The summed E-state index contributed by atoms with van der Waals surface area (Å²) < 4.78 is 40.8. The molecule has 0 aliphatic carbocycles. The lowest BCUT2D eigenvalue weighted by Crippen LogP contribution is -2.16. The summed E-state index contributed by atoms with van der Waals surface area (Å²) >= 11 is 6.73. The number of sulfonamides is 1. The molecule has 3 aromatic rings. The van der Waals surface area contributed by atoms with E-state index < -0.39 is 15.8 Å². The van der Waals surface area contributed by atoms with Crippen LogP contribution in [0.25, 0.3) is 11.3 Å². The molecule has 2 aromatic heterocycles. The van der Waals surface area contributed by atoms with Gasteiger partial charge in [0.2, 0.25) is 0 Å². The second-order valence-corrected chi connectivity index (χ2v) is 8.03. The van der Waals surface area contributed by atoms with E-state index in [4.69, 9.17) is 17.3 Å². The fourth-order valence-corrected chi connectivity index (χ4v) is 4.39. The third kappa shape index (κ3) is 3.73. The Labute approximate surface area is 152 Å². The first-order valence-electron chi connectivity index (χ1n) is 6.92. The molecule has 0 spiro atoms. The van der Waals surface area contributed by atoms with Gasteiger partial charge in [0.25, 0.3) is 10.0 Å². The maximum absolute atomic E-state index is 13.6. The number of thiazole rings is 1. The summed E-state index contributed by atoms with van der Waals surface area (Å²) in [7, 11) is -3.91. The van der Waals surface area contributed by atoms with Gasteiger partial charge in [-0.15, -0.1) is 11.3 Å². The minimum absolute atomic E-state index is 0.00445. The standard InChI is InChI=1S/C15H12ClFN4O2S2/c1-8-4-10(18)6-19-14(8)25(22,23)21-15-20-13(7-24-15)9-2-3-11(16)12(17)5-9/h2-7H,18H2,1H3,(H,20,21). The van der Waals surface area contributed by atoms with Gasteiger partial charge in [0, 0.05) is 10.9 Å². The molecule has 2 heterocycles. The lowest BCUT2D eigenvalue weighted by Gasteiger charge is -2.07. The molecule has 0 unspecified atom stereocenters. The summed E-state index contributed by atoms with van der Waals surface area (Å²) in [6.07, 6.45) is 1.27. The largest absolute Gasteiger partial charge is 0.397 e. The number of pyridine rings is 1. The van der Waals surface area contributed by atoms with Crippen molar-refractivity contribution in [2.45, 2.75) is 11.9 Å². The van der Waals surface area contributed by atoms with Gasteiger partial charge in [-0.3, -0.25) is 4.72 Å². The summed E-state index contributed by atoms with van der Waals surface area (Å²) in [4.78, 5) is 8.04. The van der Waals surface area contributed by atoms with Gasteiger partial charge in [-0.1, -0.05) is 17.7 Å². The molecule has 0 aliphatic rings. The van der Waals surface area contributed by atoms with Crippen molar-refractivity contribution in [3.05, 3.63) is 52.2 Å². The molecule has 1 aromatic carbocycles. The summed E-state index contributed by atoms with van der Waals surface area (Å²) in [5.74, 6) is -0.573. The number of nitrogen functional groups attached to an aromatic ring is 1. The van der Waals surface area contributed by atoms with E-state index in [-0.39, 0.29) is 15.2 Å². The van der Waals surface area contributed by atoms with Gasteiger partial charge in [-0.25, -0.2) is 14.4 Å². The number of benzene rings is 1. The number of hydrogen-bond donors (Lipinski definition) is 2. The van der Waals surface area contributed by atoms with Crippen LogP contribution in [0.2, 0.25) is 5.02 Å². The van der Waals surface area contributed by atoms with Crippen molar-refractivity contribution in [3.8, 4) is 11.3 Å². The smallest absolute Gasteiger partial charge is 0.281 e. The highest BCUT2D eigenvalue weighted by molar-refractivity contribution is 7.92. The van der Waals surface area contributed by atoms with Gasteiger partial charge < -0.3 is 5.73 Å². The number of halogens is 2. The molecular formula is C15H12ClFN4O2S2. The maximum atomic E-state index is 13.6. The molecule has 25 heavy (non-hydrogen) atoms. The summed E-state index contributed by atoms with van der Waals surface area (Å²) in [5, 5.41) is 1.63. The SMILES string of the molecule is Cc1cc(N)cnc1S(=O)(=O)Nc1nc(-c2ccc(Cl)c(F)c2)cs1. The van der Waals surface area contributed by atoms with Crippen LogP contribution in [0.3, 0.4) is 0 Å². The monoisotopic (exact) mass is 398 g/mol. The van der Waals surface area contributed by atoms with Crippen LogP contribution in [0, 0.1) is 12.7 Å². The van der Waals surface area contributed by atoms with E-state index in [1.807, 2.05) is 0 Å². The van der Waals surface area contributed by atoms with Crippen LogP contribution in [0.5, 0.6) is 0 Å². The fraction of sp³-hybridized carbons (Fsp3) is 0.0667. The van der Waals surface area contributed by atoms with E-state index in [1.165, 1.54) is 24.4 Å². The number of hydrogen-bond acceptors (Lipinski definition) is 6. The predicted molar refractivity (Wildman–Crippen MR) is 96.7 cm³/mol. The van der Waals surface area contributed by atoms with Crippen LogP contribution in [-0.2, 0) is 10.0 Å². The molecule has 0 bridgehead atoms. The molecule has 0 amide bonds. The molecule has 0 saturated heterocycles. The van der Waals surface area contributed by atoms with E-state index in [0.29, 0.717) is 22.5 Å². The van der Waals surface area contributed by atoms with E-state index in [0.717, 1.165) is 11.3 Å². The zero-order valence-electron chi connectivity index (χ0n) is 12.8. The Morgan fingerprint density at radius 1 is 1.32 bits per heavy atom. The van der Waals surface area contributed by atoms with Crippen molar-refractivity contribution in [2.24, 2.45) is 0 Å². The molecule has 0 radical (unpaired) electrons. The number of nitrogens with zero attached hydrogens (tertiary/aromatic N) is 2. The Morgan fingerprint density at radius 3 is 2.76 bits per heavy atom. The molecule has 3 rings (SSSR count). The summed E-state index contributed by atoms with van der Waals surface area (Å²) in [5.41, 5.74) is 7.30. The quantitative estimate of drug-likeness (QED) is 0.698. The molecule has 130 valence electrons. The zero-order chi connectivity index (χ0) is 18.2. The van der Waals surface area contributed by atoms with Gasteiger partial charge in [0.15, 0.2) is 10.2 Å². The normalized spacial score (nSPS) is 11.5. The van der Waals surface area contributed by atoms with Crippen LogP contribution >= 0.6 is 22.9 Å². The van der Waals surface area contributed by atoms with Crippen molar-refractivity contribution >= 4 is 43.8 Å². The highest BCUT2D eigenvalue weighted by Crippen LogP contribution is 2.29. The molecule has 3 N–H and O–H groups in total. The van der Waals surface area contributed by atoms with Crippen molar-refractivity contribution < 1.29 is 12.8 Å². The molecule has 10 heteroatoms. The second kappa shape index (κ2) is 6.58. The minimum atomic E-state index is -3.91. The van der Waals surface area contributed by atoms with Crippen LogP contribution in [-0.4, -0.2) is 18.4 Å². The molecule has 0 saturated carbocycles. The van der Waals surface area contributed by atoms with Crippen molar-refractivity contribution in [3.63, 3.8) is 0 Å². The van der Waals surface area contributed by atoms with Crippen LogP contribution in [0.4, 0.5) is 15.2 Å². The molecule has 0 atom stereocenters. The number of nitrogens with one attached hydrogen (secondary N) is 1. The Balaban J connectivity index is 1.88. The third-order valence-corrected chi connectivity index (χ3v) is 5.84. The average Bonchev–Trinajstić information content (AvgIpc) is 2.97. The number of anilines is 2. The molecule has 0 fully saturated rings. The highest BCUT2D eigenvalue weighted by atomic mass is 35.5. The fourth-order valence-electron chi connectivity index (χ4n) is 2.14. The lowest BCUT2D eigenvalue weighted by molar-refractivity contribution is 0.596. The van der Waals surface area contributed by atoms with Gasteiger partial charge >= 0.3 is 0 Å². The van der Waals surface area contributed by atoms with E-state index in [1.54, 1.807) is 18.4 Å². The van der Waals surface area contributed by atoms with Gasteiger partial charge in [-0.2, -0.15) is 8.42 Å². The third-order valence-electron chi connectivity index (χ3n) is 3.25. The van der Waals surface area contributed by atoms with Crippen LogP contribution < -0.4 is 10.5 Å². The van der Waals surface area contributed by atoms with Crippen molar-refractivity contribution in [1.82, 2.24) is 9.97 Å². The number of rotatable bonds is 4. The molecule has 6 nitrogen and oxygen atoms in total. The maximum Gasteiger partial charge on any atom is 0.281 e. The highest BCUT2D eigenvalue weighted by Gasteiger charge is 2.20. The van der Waals surface area contributed by atoms with E-state index in [2.05, 4.69) is 14.7 Å². The van der Waals surface area contributed by atoms with Crippen LogP contribution in [0.1, 0.15) is 5.56 Å². The van der Waals surface area contributed by atoms with Crippen molar-refractivity contribution in [2.75, 3.05) is 10.5 Å². The molecule has 0 aliphatic heterocycles. The first-order valence-corrected chi connectivity index (χ1v) is 9.66. The van der Waals surface area contributed by atoms with E-state index in [9.17, 15) is 12.8 Å². The number of nitrogens with two attached hydrogens (primary N) is 1. The predicted octanol–water partition coefficient (Wildman–Crippen LogP) is 3.69. The Hall–Kier alpha value is -2.23. The summed E-state index contributed by atoms with van der Waals surface area (Å²) in [6.45, 7) is 1.60. The minimum Gasteiger partial charge on any atom is -0.397 e.